The van der Waals surface area contributed by atoms with Crippen LogP contribution < -0.4 is 5.32 Å². The number of aliphatic carboxylic acids is 1. The first-order valence-corrected chi connectivity index (χ1v) is 6.00. The largest absolute Gasteiger partial charge is 0.479 e. The molecule has 0 spiro atoms. The predicted octanol–water partition coefficient (Wildman–Crippen LogP) is -1.53. The summed E-state index contributed by atoms with van der Waals surface area (Å²) in [6.07, 6.45) is -4.35. The van der Waals surface area contributed by atoms with Gasteiger partial charge in [-0.25, -0.2) is 4.79 Å². The minimum Gasteiger partial charge on any atom is -0.479 e. The Morgan fingerprint density at radius 3 is 2.74 bits per heavy atom. The molecule has 2 heterocycles. The molecule has 108 valence electrons. The zero-order valence-electron chi connectivity index (χ0n) is 10.6. The number of nitrogens with one attached hydrogen (secondary N) is 1. The van der Waals surface area contributed by atoms with Crippen molar-refractivity contribution in [2.75, 3.05) is 6.61 Å². The molecule has 0 aromatic rings. The van der Waals surface area contributed by atoms with Crippen molar-refractivity contribution in [1.82, 2.24) is 5.32 Å². The van der Waals surface area contributed by atoms with Gasteiger partial charge in [0.2, 0.25) is 5.91 Å². The lowest BCUT2D eigenvalue weighted by atomic mass is 9.98. The highest BCUT2D eigenvalue weighted by molar-refractivity contribution is 5.73. The smallest absolute Gasteiger partial charge is 0.332 e. The van der Waals surface area contributed by atoms with Crippen LogP contribution in [0.25, 0.3) is 0 Å². The quantitative estimate of drug-likeness (QED) is 0.570. The second-order valence-electron chi connectivity index (χ2n) is 4.67. The molecule has 0 aliphatic carbocycles. The number of aliphatic hydroxyl groups is 1. The van der Waals surface area contributed by atoms with E-state index in [9.17, 15) is 14.7 Å². The Morgan fingerprint density at radius 1 is 1.47 bits per heavy atom. The molecule has 8 heteroatoms. The number of hydrogen-bond acceptors (Lipinski definition) is 6. The van der Waals surface area contributed by atoms with Gasteiger partial charge in [-0.1, -0.05) is 0 Å². The highest BCUT2D eigenvalue weighted by Gasteiger charge is 2.51. The third-order valence-corrected chi connectivity index (χ3v) is 3.18. The first kappa shape index (κ1) is 14.2. The van der Waals surface area contributed by atoms with Crippen molar-refractivity contribution < 1.29 is 34.0 Å². The first-order chi connectivity index (χ1) is 8.90. The number of carboxylic acid groups (broad SMARTS) is 1. The van der Waals surface area contributed by atoms with Gasteiger partial charge in [-0.2, -0.15) is 0 Å². The number of aliphatic hydroxyl groups excluding tert-OH is 1. The Labute approximate surface area is 109 Å². The number of ether oxygens (including phenoxy) is 3. The lowest BCUT2D eigenvalue weighted by Gasteiger charge is -2.39. The van der Waals surface area contributed by atoms with Crippen LogP contribution in [0.1, 0.15) is 13.8 Å². The van der Waals surface area contributed by atoms with Crippen LogP contribution >= 0.6 is 0 Å². The average Bonchev–Trinajstić information content (AvgIpc) is 2.76. The normalized spacial score (nSPS) is 38.8. The fourth-order valence-electron chi connectivity index (χ4n) is 2.23. The summed E-state index contributed by atoms with van der Waals surface area (Å²) in [5.41, 5.74) is 0. The molecule has 6 atom stereocenters. The maximum atomic E-state index is 11.2. The van der Waals surface area contributed by atoms with Crippen molar-refractivity contribution in [2.45, 2.75) is 50.6 Å². The topological polar surface area (TPSA) is 114 Å². The maximum absolute atomic E-state index is 11.2. The highest BCUT2D eigenvalue weighted by atomic mass is 16.7. The Hall–Kier alpha value is -1.22. The number of fused-ring (bicyclic) bond motifs is 2. The van der Waals surface area contributed by atoms with Crippen molar-refractivity contribution in [1.29, 1.82) is 0 Å². The molecule has 2 fully saturated rings. The fraction of sp³-hybridized carbons (Fsp3) is 0.818. The molecule has 0 radical (unpaired) electrons. The van der Waals surface area contributed by atoms with Gasteiger partial charge < -0.3 is 29.7 Å². The van der Waals surface area contributed by atoms with Crippen LogP contribution in [0.3, 0.4) is 0 Å². The second-order valence-corrected chi connectivity index (χ2v) is 4.67. The SMILES string of the molecule is CC(=O)N[C@@H]1[C@H]2OC[C@H](O2)[C@H](O)[C@H]1O[C@H](C)C(=O)O. The summed E-state index contributed by atoms with van der Waals surface area (Å²) in [4.78, 5) is 22.0. The second kappa shape index (κ2) is 5.41. The Morgan fingerprint density at radius 2 is 2.16 bits per heavy atom. The predicted molar refractivity (Wildman–Crippen MR) is 60.2 cm³/mol. The van der Waals surface area contributed by atoms with Gasteiger partial charge in [0.1, 0.15) is 24.4 Å². The number of carbonyl (C=O) groups is 2. The van der Waals surface area contributed by atoms with E-state index in [0.717, 1.165) is 0 Å². The molecule has 2 saturated heterocycles. The van der Waals surface area contributed by atoms with Crippen molar-refractivity contribution in [3.8, 4) is 0 Å². The van der Waals surface area contributed by atoms with Gasteiger partial charge in [-0.3, -0.25) is 4.79 Å². The van der Waals surface area contributed by atoms with Crippen LogP contribution in [0.5, 0.6) is 0 Å². The molecule has 0 unspecified atom stereocenters. The molecule has 3 N–H and O–H groups in total. The van der Waals surface area contributed by atoms with E-state index in [-0.39, 0.29) is 12.5 Å². The monoisotopic (exact) mass is 275 g/mol. The van der Waals surface area contributed by atoms with E-state index in [1.165, 1.54) is 13.8 Å². The van der Waals surface area contributed by atoms with Crippen LogP contribution in [0.15, 0.2) is 0 Å². The Balaban J connectivity index is 2.14. The van der Waals surface area contributed by atoms with E-state index in [1.54, 1.807) is 0 Å². The maximum Gasteiger partial charge on any atom is 0.332 e. The van der Waals surface area contributed by atoms with Crippen LogP contribution in [0.4, 0.5) is 0 Å². The summed E-state index contributed by atoms with van der Waals surface area (Å²) in [5, 5.41) is 21.5. The minimum atomic E-state index is -1.14. The van der Waals surface area contributed by atoms with E-state index in [1.807, 2.05) is 0 Å². The zero-order valence-corrected chi connectivity index (χ0v) is 10.6. The van der Waals surface area contributed by atoms with Gasteiger partial charge >= 0.3 is 5.97 Å². The molecule has 0 aromatic heterocycles. The zero-order chi connectivity index (χ0) is 14.2. The van der Waals surface area contributed by atoms with Crippen LogP contribution in [-0.2, 0) is 23.8 Å². The lowest BCUT2D eigenvalue weighted by molar-refractivity contribution is -0.213. The first-order valence-electron chi connectivity index (χ1n) is 6.00. The van der Waals surface area contributed by atoms with E-state index < -0.39 is 42.7 Å². The number of carboxylic acids is 1. The number of rotatable bonds is 4. The standard InChI is InChI=1S/C11H17NO7/c1-4(10(15)16)18-9-7(12-5(2)13)11-17-3-6(19-11)8(9)14/h4,6-9,11,14H,3H2,1-2H3,(H,12,13)(H,15,16)/t4-,6+,7+,8+,9+,11+/m1/s1. The molecular formula is C11H17NO7. The van der Waals surface area contributed by atoms with E-state index >= 15 is 0 Å². The average molecular weight is 275 g/mol. The molecule has 0 aromatic carbocycles. The summed E-state index contributed by atoms with van der Waals surface area (Å²) in [7, 11) is 0. The third-order valence-electron chi connectivity index (χ3n) is 3.18. The molecule has 2 aliphatic rings. The molecular weight excluding hydrogens is 258 g/mol. The van der Waals surface area contributed by atoms with Gasteiger partial charge in [0, 0.05) is 6.92 Å². The highest BCUT2D eigenvalue weighted by Crippen LogP contribution is 2.30. The van der Waals surface area contributed by atoms with Gasteiger partial charge in [-0.05, 0) is 6.92 Å². The van der Waals surface area contributed by atoms with E-state index in [2.05, 4.69) is 5.32 Å². The molecule has 2 rings (SSSR count). The summed E-state index contributed by atoms with van der Waals surface area (Å²) in [5.74, 6) is -1.49. The van der Waals surface area contributed by atoms with Crippen LogP contribution in [0.2, 0.25) is 0 Å². The summed E-state index contributed by atoms with van der Waals surface area (Å²) in [6.45, 7) is 2.85. The number of amides is 1. The van der Waals surface area contributed by atoms with Crippen molar-refractivity contribution in [3.63, 3.8) is 0 Å². The van der Waals surface area contributed by atoms with Crippen molar-refractivity contribution in [3.05, 3.63) is 0 Å². The van der Waals surface area contributed by atoms with Crippen LogP contribution in [-0.4, -0.2) is 65.4 Å². The van der Waals surface area contributed by atoms with Crippen molar-refractivity contribution in [2.24, 2.45) is 0 Å². The molecule has 2 aliphatic heterocycles. The third kappa shape index (κ3) is 2.86. The molecule has 1 amide bonds. The Bertz CT molecular complexity index is 374. The lowest BCUT2D eigenvalue weighted by Crippen LogP contribution is -2.62. The van der Waals surface area contributed by atoms with Crippen LogP contribution in [0, 0.1) is 0 Å². The van der Waals surface area contributed by atoms with E-state index in [0.29, 0.717) is 0 Å². The van der Waals surface area contributed by atoms with E-state index in [4.69, 9.17) is 19.3 Å². The summed E-state index contributed by atoms with van der Waals surface area (Å²) < 4.78 is 16.0. The van der Waals surface area contributed by atoms with Gasteiger partial charge in [-0.15, -0.1) is 0 Å². The fourth-order valence-corrected chi connectivity index (χ4v) is 2.23. The number of carbonyl (C=O) groups excluding carboxylic acids is 1. The van der Waals surface area contributed by atoms with Gasteiger partial charge in [0.15, 0.2) is 12.4 Å². The molecule has 2 bridgehead atoms. The molecule has 0 saturated carbocycles. The van der Waals surface area contributed by atoms with Gasteiger partial charge in [0.25, 0.3) is 0 Å². The molecule has 19 heavy (non-hydrogen) atoms. The Kier molecular flexibility index (Phi) is 4.04. The van der Waals surface area contributed by atoms with Crippen molar-refractivity contribution >= 4 is 11.9 Å². The number of hydrogen-bond donors (Lipinski definition) is 3. The summed E-state index contributed by atoms with van der Waals surface area (Å²) >= 11 is 0. The van der Waals surface area contributed by atoms with Gasteiger partial charge in [0.05, 0.1) is 6.61 Å². The minimum absolute atomic E-state index is 0.184. The molecule has 8 nitrogen and oxygen atoms in total. The summed E-state index contributed by atoms with van der Waals surface area (Å²) in [6, 6.07) is -0.743.